The fourth-order valence-electron chi connectivity index (χ4n) is 2.49. The fraction of sp³-hybridized carbons (Fsp3) is 0.600. The number of rotatable bonds is 6. The molecule has 0 aliphatic carbocycles. The second-order valence-electron chi connectivity index (χ2n) is 6.02. The summed E-state index contributed by atoms with van der Waals surface area (Å²) in [7, 11) is -17.2. The predicted octanol–water partition coefficient (Wildman–Crippen LogP) is -15.0. The smallest absolute Gasteiger partial charge is 0.790 e. The third kappa shape index (κ3) is 11.6. The molecule has 0 aromatic rings. The van der Waals surface area contributed by atoms with Crippen LogP contribution >= 0.6 is 23.5 Å². The Labute approximate surface area is 269 Å². The van der Waals surface area contributed by atoms with Gasteiger partial charge >= 0.3 is 96.5 Å². The Hall–Kier alpha value is 1.53. The van der Waals surface area contributed by atoms with Gasteiger partial charge in [0.15, 0.2) is 18.1 Å². The van der Waals surface area contributed by atoms with Crippen molar-refractivity contribution in [2.75, 3.05) is 6.61 Å². The third-order valence-corrected chi connectivity index (χ3v) is 6.88. The number of amides is 1. The van der Waals surface area contributed by atoms with E-state index in [9.17, 15) is 43.4 Å². The summed E-state index contributed by atoms with van der Waals surface area (Å²) in [6, 6.07) is -2.06. The number of carbonyl (C=O) groups excluding carboxylic acids is 1. The molecule has 0 aromatic carbocycles. The van der Waals surface area contributed by atoms with Crippen molar-refractivity contribution in [1.82, 2.24) is 10.2 Å². The molecule has 0 bridgehead atoms. The van der Waals surface area contributed by atoms with Gasteiger partial charge in [0.1, 0.15) is 18.3 Å². The van der Waals surface area contributed by atoms with Gasteiger partial charge < -0.3 is 49.1 Å². The number of nitrogens with one attached hydrogen (secondary N) is 2. The average Bonchev–Trinajstić information content (AvgIpc) is 3.10. The van der Waals surface area contributed by atoms with Crippen molar-refractivity contribution < 1.29 is 162 Å². The molecule has 1 fully saturated rings. The van der Waals surface area contributed by atoms with Crippen LogP contribution in [0.4, 0.5) is 0 Å². The summed E-state index contributed by atoms with van der Waals surface area (Å²) in [5.41, 5.74) is 0. The summed E-state index contributed by atoms with van der Waals surface area (Å²) in [5.74, 6) is -1.51. The monoisotopic (exact) mass is 608 g/mol. The van der Waals surface area contributed by atoms with Crippen molar-refractivity contribution in [3.8, 4) is 0 Å². The van der Waals surface area contributed by atoms with Gasteiger partial charge in [-0.25, -0.2) is 8.88 Å². The molecule has 3 aliphatic heterocycles. The van der Waals surface area contributed by atoms with Gasteiger partial charge in [-0.2, -0.15) is 4.99 Å². The Morgan fingerprint density at radius 3 is 2.17 bits per heavy atom. The molecule has 1 saturated heterocycles. The minimum absolute atomic E-state index is 0. The number of guanidine groups is 1. The Morgan fingerprint density at radius 1 is 1.17 bits per heavy atom. The molecule has 1 amide bonds. The quantitative estimate of drug-likeness (QED) is 0.109. The molecule has 6 atom stereocenters. The van der Waals surface area contributed by atoms with Crippen LogP contribution in [0.15, 0.2) is 9.98 Å². The van der Waals surface area contributed by atoms with Gasteiger partial charge in [0, 0.05) is 0 Å². The van der Waals surface area contributed by atoms with Crippen LogP contribution in [0.25, 0.3) is 0 Å². The van der Waals surface area contributed by atoms with Crippen LogP contribution in [-0.2, 0) is 31.8 Å². The van der Waals surface area contributed by atoms with E-state index in [4.69, 9.17) is 26.4 Å². The van der Waals surface area contributed by atoms with Gasteiger partial charge in [-0.15, -0.1) is 0 Å². The van der Waals surface area contributed by atoms with E-state index in [-0.39, 0.29) is 94.5 Å². The molecule has 3 aliphatic rings. The second-order valence-corrected chi connectivity index (χ2v) is 10.1. The number of amidine groups is 1. The summed E-state index contributed by atoms with van der Waals surface area (Å²) < 4.78 is 48.6. The van der Waals surface area contributed by atoms with E-state index in [0.29, 0.717) is 0 Å². The summed E-state index contributed by atoms with van der Waals surface area (Å²) in [4.78, 5) is 65.7. The molecule has 188 valence electrons. The fourth-order valence-corrected chi connectivity index (χ4v) is 4.90. The van der Waals surface area contributed by atoms with Crippen LogP contribution < -0.4 is 109 Å². The van der Waals surface area contributed by atoms with Gasteiger partial charge in [0.2, 0.25) is 5.96 Å². The maximum atomic E-state index is 11.8. The van der Waals surface area contributed by atoms with E-state index in [1.165, 1.54) is 0 Å². The molecule has 36 heavy (non-hydrogen) atoms. The summed E-state index contributed by atoms with van der Waals surface area (Å²) in [5, 5.41) is 38.3. The first-order valence-corrected chi connectivity index (χ1v) is 12.5. The number of aliphatic imine (C=N–C) groups is 2. The molecule has 0 aromatic heterocycles. The van der Waals surface area contributed by atoms with Gasteiger partial charge in [0.05, 0.1) is 22.1 Å². The van der Waals surface area contributed by atoms with E-state index < -0.39 is 72.5 Å². The zero-order chi connectivity index (χ0) is 26.3. The second kappa shape index (κ2) is 15.5. The zero-order valence-electron chi connectivity index (χ0n) is 19.6. The van der Waals surface area contributed by atoms with E-state index in [1.807, 2.05) is 0 Å². The largest absolute Gasteiger partial charge is 1.00 e. The van der Waals surface area contributed by atoms with Crippen molar-refractivity contribution in [3.63, 3.8) is 0 Å². The van der Waals surface area contributed by atoms with E-state index in [0.717, 1.165) is 11.2 Å². The SMILES string of the molecule is O=P([O-])([O-])OP(=O)([O-])OP(=O)(O)O.[2H]C12N=CN([C@@H]3O[C@H](CO)[C@@H](O)[C@H]3O)C1=NC(=N)NC2=O.[Na+].[Na+].[Na+]. The maximum Gasteiger partial charge on any atom is 1.00 e. The van der Waals surface area contributed by atoms with Gasteiger partial charge in [0.25, 0.3) is 13.7 Å². The van der Waals surface area contributed by atoms with Crippen molar-refractivity contribution in [1.29, 1.82) is 5.41 Å². The molecule has 20 nitrogen and oxygen atoms in total. The minimum atomic E-state index is -5.92. The first-order valence-electron chi connectivity index (χ1n) is 8.56. The molecule has 2 unspecified atom stereocenters. The number of aliphatic hydroxyl groups is 3. The van der Waals surface area contributed by atoms with Gasteiger partial charge in [-0.1, -0.05) is 0 Å². The van der Waals surface area contributed by atoms with Crippen LogP contribution in [0.3, 0.4) is 0 Å². The molecule has 3 heterocycles. The van der Waals surface area contributed by atoms with Crippen LogP contribution in [0.5, 0.6) is 0 Å². The number of ether oxygens (including phenoxy) is 1. The Balaban J connectivity index is 0. The third-order valence-electron chi connectivity index (χ3n) is 3.63. The molecule has 26 heteroatoms. The number of carbonyl (C=O) groups is 1. The number of phosphoric acid groups is 3. The standard InChI is InChI=1S/C10H13N5O5.3Na.H5O10P3/c11-10-13-7-4(8(19)14-10)12-2-15(7)9-6(18)5(17)3(1-16)20-9;;;;1-11(2,3)9-13(7,8)10-12(4,5)6/h2-6,9,16-18H,1H2,(H2,11,14,19);;;;(H,7,8)(H2,1,2,3)(H2,4,5,6)/q;3*+1;/p-3/t3-,4?,5-,6-,9-;;;;/m1..../s1/i4D;;;;. The number of hydrogen-bond donors (Lipinski definition) is 7. The summed E-state index contributed by atoms with van der Waals surface area (Å²) in [6.45, 7) is -0.505. The summed E-state index contributed by atoms with van der Waals surface area (Å²) in [6.07, 6.45) is -3.80. The van der Waals surface area contributed by atoms with Gasteiger partial charge in [-0.3, -0.25) is 34.3 Å². The predicted molar refractivity (Wildman–Crippen MR) is 94.6 cm³/mol. The Bertz CT molecular complexity index is 1030. The van der Waals surface area contributed by atoms with Crippen LogP contribution in [0.2, 0.25) is 0 Å². The van der Waals surface area contributed by atoms with E-state index in [2.05, 4.69) is 23.9 Å². The minimum Gasteiger partial charge on any atom is -0.790 e. The molecule has 7 N–H and O–H groups in total. The van der Waals surface area contributed by atoms with Crippen molar-refractivity contribution in [2.24, 2.45) is 9.98 Å². The molecule has 0 saturated carbocycles. The van der Waals surface area contributed by atoms with E-state index in [1.54, 1.807) is 0 Å². The first-order chi connectivity index (χ1) is 15.3. The molecule has 3 rings (SSSR count). The van der Waals surface area contributed by atoms with E-state index >= 15 is 0 Å². The number of nitrogens with zero attached hydrogens (tertiary/aromatic N) is 3. The topological polar surface area (TPSA) is 330 Å². The average molecular weight is 608 g/mol. The summed E-state index contributed by atoms with van der Waals surface area (Å²) >= 11 is 0. The number of aliphatic hydroxyl groups excluding tert-OH is 3. The molecule has 0 spiro atoms. The Morgan fingerprint density at radius 2 is 1.72 bits per heavy atom. The van der Waals surface area contributed by atoms with Crippen molar-refractivity contribution >= 4 is 47.5 Å². The van der Waals surface area contributed by atoms with Crippen molar-refractivity contribution in [2.45, 2.75) is 30.6 Å². The zero-order valence-corrected chi connectivity index (χ0v) is 27.3. The first kappa shape index (κ1) is 37.5. The molecular formula is C10H15N5Na3O15P3. The normalized spacial score (nSPS) is 31.2. The molecule has 0 radical (unpaired) electrons. The molecular weight excluding hydrogens is 592 g/mol. The Kier molecular flexibility index (Phi) is 16.2. The number of hydrogen-bond acceptors (Lipinski definition) is 16. The number of fused-ring (bicyclic) bond motifs is 1. The van der Waals surface area contributed by atoms with Crippen molar-refractivity contribution in [3.05, 3.63) is 0 Å². The van der Waals surface area contributed by atoms with Crippen LogP contribution in [0, 0.1) is 5.41 Å². The van der Waals surface area contributed by atoms with Crippen LogP contribution in [0.1, 0.15) is 1.37 Å². The van der Waals surface area contributed by atoms with Gasteiger partial charge in [-0.05, 0) is 0 Å². The van der Waals surface area contributed by atoms with Crippen LogP contribution in [-0.4, -0.2) is 91.2 Å². The maximum absolute atomic E-state index is 11.8.